The average molecular weight is 273 g/mol. The summed E-state index contributed by atoms with van der Waals surface area (Å²) < 4.78 is 0. The van der Waals surface area contributed by atoms with Crippen LogP contribution in [-0.2, 0) is 13.0 Å². The van der Waals surface area contributed by atoms with E-state index in [1.165, 1.54) is 0 Å². The molecule has 0 aliphatic carbocycles. The molecule has 1 aliphatic heterocycles. The largest absolute Gasteiger partial charge is 0.348 e. The van der Waals surface area contributed by atoms with Crippen molar-refractivity contribution in [2.24, 2.45) is 5.92 Å². The van der Waals surface area contributed by atoms with Gasteiger partial charge in [0.15, 0.2) is 5.69 Å². The lowest BCUT2D eigenvalue weighted by Gasteiger charge is -2.18. The highest BCUT2D eigenvalue weighted by molar-refractivity contribution is 5.94. The molecule has 1 aliphatic rings. The van der Waals surface area contributed by atoms with Crippen molar-refractivity contribution < 1.29 is 4.79 Å². The van der Waals surface area contributed by atoms with Crippen LogP contribution in [0.5, 0.6) is 0 Å². The van der Waals surface area contributed by atoms with E-state index in [0.717, 1.165) is 30.8 Å². The van der Waals surface area contributed by atoms with Gasteiger partial charge in [-0.15, -0.1) is 12.4 Å². The molecule has 5 nitrogen and oxygen atoms in total. The molecule has 6 heteroatoms. The Morgan fingerprint density at radius 3 is 2.78 bits per heavy atom. The number of aromatic nitrogens is 2. The molecule has 1 amide bonds. The second-order valence-corrected chi connectivity index (χ2v) is 4.96. The van der Waals surface area contributed by atoms with Crippen LogP contribution in [0.3, 0.4) is 0 Å². The molecule has 0 bridgehead atoms. The van der Waals surface area contributed by atoms with Crippen molar-refractivity contribution >= 4 is 18.3 Å². The summed E-state index contributed by atoms with van der Waals surface area (Å²) in [6.07, 6.45) is 0.912. The summed E-state index contributed by atoms with van der Waals surface area (Å²) in [5.74, 6) is 0.347. The molecule has 2 heterocycles. The summed E-state index contributed by atoms with van der Waals surface area (Å²) in [7, 11) is 0. The zero-order valence-corrected chi connectivity index (χ0v) is 11.9. The van der Waals surface area contributed by atoms with Crippen molar-refractivity contribution in [2.45, 2.75) is 39.8 Å². The minimum atomic E-state index is -0.0765. The van der Waals surface area contributed by atoms with Gasteiger partial charge in [-0.3, -0.25) is 9.89 Å². The average Bonchev–Trinajstić information content (AvgIpc) is 2.72. The van der Waals surface area contributed by atoms with Crippen molar-refractivity contribution in [3.8, 4) is 0 Å². The van der Waals surface area contributed by atoms with Crippen LogP contribution in [0.15, 0.2) is 0 Å². The van der Waals surface area contributed by atoms with Crippen molar-refractivity contribution in [2.75, 3.05) is 6.54 Å². The zero-order valence-electron chi connectivity index (χ0n) is 11.0. The van der Waals surface area contributed by atoms with Crippen LogP contribution in [-0.4, -0.2) is 28.7 Å². The van der Waals surface area contributed by atoms with Gasteiger partial charge in [0, 0.05) is 36.8 Å². The first-order valence-corrected chi connectivity index (χ1v) is 6.17. The van der Waals surface area contributed by atoms with E-state index >= 15 is 0 Å². The summed E-state index contributed by atoms with van der Waals surface area (Å²) in [4.78, 5) is 12.1. The molecule has 1 atom stereocenters. The molecular weight excluding hydrogens is 252 g/mol. The predicted octanol–water partition coefficient (Wildman–Crippen LogP) is 1.25. The van der Waals surface area contributed by atoms with Gasteiger partial charge in [-0.05, 0) is 12.8 Å². The fourth-order valence-electron chi connectivity index (χ4n) is 1.85. The maximum absolute atomic E-state index is 12.1. The Kier molecular flexibility index (Phi) is 5.16. The normalized spacial score (nSPS) is 15.8. The molecule has 1 aromatic rings. The summed E-state index contributed by atoms with van der Waals surface area (Å²) >= 11 is 0. The Bertz CT molecular complexity index is 416. The Hall–Kier alpha value is -1.07. The molecule has 1 aromatic heterocycles. The van der Waals surface area contributed by atoms with Crippen LogP contribution < -0.4 is 10.6 Å². The highest BCUT2D eigenvalue weighted by Crippen LogP contribution is 2.15. The minimum Gasteiger partial charge on any atom is -0.348 e. The summed E-state index contributed by atoms with van der Waals surface area (Å²) in [6, 6.07) is 0.159. The van der Waals surface area contributed by atoms with Crippen LogP contribution >= 0.6 is 12.4 Å². The molecule has 18 heavy (non-hydrogen) atoms. The lowest BCUT2D eigenvalue weighted by Crippen LogP contribution is -2.37. The van der Waals surface area contributed by atoms with Crippen LogP contribution in [0.1, 0.15) is 42.5 Å². The van der Waals surface area contributed by atoms with E-state index < -0.39 is 0 Å². The van der Waals surface area contributed by atoms with Gasteiger partial charge >= 0.3 is 0 Å². The first kappa shape index (κ1) is 15.0. The molecule has 0 radical (unpaired) electrons. The van der Waals surface area contributed by atoms with Gasteiger partial charge < -0.3 is 10.6 Å². The molecule has 0 saturated heterocycles. The highest BCUT2D eigenvalue weighted by atomic mass is 35.5. The fraction of sp³-hybridized carbons (Fsp3) is 0.667. The fourth-order valence-corrected chi connectivity index (χ4v) is 1.85. The number of hydrogen-bond donors (Lipinski definition) is 3. The number of nitrogens with zero attached hydrogens (tertiary/aromatic N) is 1. The van der Waals surface area contributed by atoms with Crippen molar-refractivity contribution in [1.29, 1.82) is 0 Å². The molecule has 102 valence electrons. The number of carbonyl (C=O) groups excluding carboxylic acids is 1. The zero-order chi connectivity index (χ0) is 12.4. The second kappa shape index (κ2) is 6.20. The standard InChI is InChI=1S/C12H20N4O.ClH/c1-7(2)8(3)14-12(17)11-9-6-13-5-4-10(9)15-16-11;/h7-8,13H,4-6H2,1-3H3,(H,14,17)(H,15,16);1H. The number of H-pyrrole nitrogens is 1. The van der Waals surface area contributed by atoms with Gasteiger partial charge in [0.1, 0.15) is 0 Å². The number of halogens is 1. The maximum atomic E-state index is 12.1. The molecule has 0 aromatic carbocycles. The lowest BCUT2D eigenvalue weighted by atomic mass is 10.0. The molecule has 0 fully saturated rings. The summed E-state index contributed by atoms with van der Waals surface area (Å²) in [5.41, 5.74) is 2.65. The molecule has 3 N–H and O–H groups in total. The lowest BCUT2D eigenvalue weighted by molar-refractivity contribution is 0.0924. The topological polar surface area (TPSA) is 69.8 Å². The van der Waals surface area contributed by atoms with Gasteiger partial charge in [-0.2, -0.15) is 5.10 Å². The van der Waals surface area contributed by atoms with Gasteiger partial charge in [0.05, 0.1) is 0 Å². The molecule has 2 rings (SSSR count). The number of hydrogen-bond acceptors (Lipinski definition) is 3. The van der Waals surface area contributed by atoms with Gasteiger partial charge in [0.25, 0.3) is 5.91 Å². The quantitative estimate of drug-likeness (QED) is 0.776. The smallest absolute Gasteiger partial charge is 0.272 e. The van der Waals surface area contributed by atoms with Gasteiger partial charge in [0.2, 0.25) is 0 Å². The number of fused-ring (bicyclic) bond motifs is 1. The molecule has 1 unspecified atom stereocenters. The van der Waals surface area contributed by atoms with Crippen molar-refractivity contribution in [1.82, 2.24) is 20.8 Å². The first-order chi connectivity index (χ1) is 8.09. The number of rotatable bonds is 3. The number of carbonyl (C=O) groups is 1. The van der Waals surface area contributed by atoms with Crippen molar-refractivity contribution in [3.05, 3.63) is 17.0 Å². The third kappa shape index (κ3) is 3.03. The molecule has 0 spiro atoms. The predicted molar refractivity (Wildman–Crippen MR) is 73.0 cm³/mol. The monoisotopic (exact) mass is 272 g/mol. The number of amides is 1. The third-order valence-corrected chi connectivity index (χ3v) is 3.38. The summed E-state index contributed by atoms with van der Waals surface area (Å²) in [6.45, 7) is 7.86. The second-order valence-electron chi connectivity index (χ2n) is 4.96. The third-order valence-electron chi connectivity index (χ3n) is 3.38. The van der Waals surface area contributed by atoms with E-state index in [2.05, 4.69) is 34.7 Å². The van der Waals surface area contributed by atoms with E-state index in [9.17, 15) is 4.79 Å². The maximum Gasteiger partial charge on any atom is 0.272 e. The minimum absolute atomic E-state index is 0. The Labute approximate surface area is 114 Å². The van der Waals surface area contributed by atoms with E-state index in [1.54, 1.807) is 0 Å². The van der Waals surface area contributed by atoms with E-state index in [0.29, 0.717) is 11.6 Å². The first-order valence-electron chi connectivity index (χ1n) is 6.17. The van der Waals surface area contributed by atoms with Crippen molar-refractivity contribution in [3.63, 3.8) is 0 Å². The van der Waals surface area contributed by atoms with Gasteiger partial charge in [-0.1, -0.05) is 13.8 Å². The Balaban J connectivity index is 0.00000162. The van der Waals surface area contributed by atoms with Crippen LogP contribution in [0.2, 0.25) is 0 Å². The highest BCUT2D eigenvalue weighted by Gasteiger charge is 2.22. The number of nitrogens with one attached hydrogen (secondary N) is 3. The van der Waals surface area contributed by atoms with E-state index in [-0.39, 0.29) is 24.4 Å². The van der Waals surface area contributed by atoms with Crippen LogP contribution in [0, 0.1) is 5.92 Å². The van der Waals surface area contributed by atoms with Crippen LogP contribution in [0.4, 0.5) is 0 Å². The van der Waals surface area contributed by atoms with Crippen LogP contribution in [0.25, 0.3) is 0 Å². The number of aromatic amines is 1. The molecular formula is C12H21ClN4O. The Morgan fingerprint density at radius 2 is 2.11 bits per heavy atom. The SMILES string of the molecule is CC(C)C(C)NC(=O)c1n[nH]c2c1CNCC2.Cl. The summed E-state index contributed by atoms with van der Waals surface area (Å²) in [5, 5.41) is 13.3. The van der Waals surface area contributed by atoms with Gasteiger partial charge in [-0.25, -0.2) is 0 Å². The van der Waals surface area contributed by atoms with E-state index in [4.69, 9.17) is 0 Å². The Morgan fingerprint density at radius 1 is 1.39 bits per heavy atom. The van der Waals surface area contributed by atoms with E-state index in [1.807, 2.05) is 6.92 Å². The molecule has 0 saturated carbocycles.